The van der Waals surface area contributed by atoms with E-state index in [0.29, 0.717) is 13.2 Å². The topological polar surface area (TPSA) is 71.1 Å². The molecule has 0 aliphatic carbocycles. The molecule has 0 aliphatic heterocycles. The number of carbonyl (C=O) groups is 2. The van der Waals surface area contributed by atoms with Crippen LogP contribution in [0.1, 0.15) is 26.7 Å². The Bertz CT molecular complexity index is 294. The zero-order valence-corrected chi connectivity index (χ0v) is 12.0. The average molecular weight is 286 g/mol. The van der Waals surface area contributed by atoms with Gasteiger partial charge in [-0.25, -0.2) is 9.59 Å². The summed E-state index contributed by atoms with van der Waals surface area (Å²) in [5.41, 5.74) is 0. The zero-order valence-electron chi connectivity index (χ0n) is 12.0. The maximum Gasteiger partial charge on any atom is 0.332 e. The quantitative estimate of drug-likeness (QED) is 0.250. The summed E-state index contributed by atoms with van der Waals surface area (Å²) in [5.74, 6) is -1.03. The van der Waals surface area contributed by atoms with Gasteiger partial charge in [0.05, 0.1) is 13.2 Å². The number of carbonyl (C=O) groups excluding carboxylic acids is 2. The van der Waals surface area contributed by atoms with Gasteiger partial charge in [0, 0.05) is 12.2 Å². The second-order valence-corrected chi connectivity index (χ2v) is 3.87. The minimum Gasteiger partial charge on any atom is -0.433 e. The van der Waals surface area contributed by atoms with E-state index in [0.717, 1.165) is 25.0 Å². The third-order valence-corrected chi connectivity index (χ3v) is 2.14. The van der Waals surface area contributed by atoms with E-state index in [2.05, 4.69) is 13.2 Å². The van der Waals surface area contributed by atoms with Crippen LogP contribution >= 0.6 is 0 Å². The number of esters is 2. The van der Waals surface area contributed by atoms with E-state index in [9.17, 15) is 9.59 Å². The molecule has 6 nitrogen and oxygen atoms in total. The van der Waals surface area contributed by atoms with Gasteiger partial charge in [0.15, 0.2) is 12.6 Å². The fourth-order valence-corrected chi connectivity index (χ4v) is 1.19. The molecule has 0 radical (unpaired) electrons. The van der Waals surface area contributed by atoms with Crippen LogP contribution in [0.15, 0.2) is 25.3 Å². The third-order valence-electron chi connectivity index (χ3n) is 2.14. The molecule has 2 unspecified atom stereocenters. The van der Waals surface area contributed by atoms with Gasteiger partial charge in [-0.3, -0.25) is 0 Å². The van der Waals surface area contributed by atoms with E-state index >= 15 is 0 Å². The first-order valence-electron chi connectivity index (χ1n) is 6.39. The molecule has 0 rings (SSSR count). The Hall–Kier alpha value is -1.66. The van der Waals surface area contributed by atoms with Gasteiger partial charge in [-0.2, -0.15) is 0 Å². The van der Waals surface area contributed by atoms with Crippen LogP contribution in [0.2, 0.25) is 0 Å². The standard InChI is InChI=1S/C14H22O6/c1-5-13(15)19-11(3)17-9-7-8-10-18-12(4)20-14(16)6-2/h5-6,11-12H,1-2,7-10H2,3-4H3. The van der Waals surface area contributed by atoms with Gasteiger partial charge in [-0.05, 0) is 26.7 Å². The SMILES string of the molecule is C=CC(=O)OC(C)OCCCCOC(C)OC(=O)C=C. The maximum absolute atomic E-state index is 10.9. The zero-order chi connectivity index (χ0) is 15.4. The highest BCUT2D eigenvalue weighted by atomic mass is 16.7. The van der Waals surface area contributed by atoms with Crippen molar-refractivity contribution in [2.24, 2.45) is 0 Å². The first kappa shape index (κ1) is 18.3. The molecule has 0 aromatic heterocycles. The van der Waals surface area contributed by atoms with Crippen molar-refractivity contribution in [1.82, 2.24) is 0 Å². The summed E-state index contributed by atoms with van der Waals surface area (Å²) in [6, 6.07) is 0. The van der Waals surface area contributed by atoms with E-state index in [1.165, 1.54) is 0 Å². The lowest BCUT2D eigenvalue weighted by Gasteiger charge is -2.14. The molecule has 0 heterocycles. The van der Waals surface area contributed by atoms with Crippen LogP contribution in [0.25, 0.3) is 0 Å². The molecule has 20 heavy (non-hydrogen) atoms. The molecular weight excluding hydrogens is 264 g/mol. The van der Waals surface area contributed by atoms with E-state index in [1.807, 2.05) is 0 Å². The highest BCUT2D eigenvalue weighted by molar-refractivity contribution is 5.81. The van der Waals surface area contributed by atoms with Crippen molar-refractivity contribution < 1.29 is 28.5 Å². The minimum atomic E-state index is -0.603. The molecule has 114 valence electrons. The first-order valence-corrected chi connectivity index (χ1v) is 6.39. The van der Waals surface area contributed by atoms with Crippen LogP contribution in [-0.2, 0) is 28.5 Å². The van der Waals surface area contributed by atoms with E-state index in [-0.39, 0.29) is 0 Å². The summed E-state index contributed by atoms with van der Waals surface area (Å²) in [6.45, 7) is 10.7. The molecule has 0 aromatic rings. The van der Waals surface area contributed by atoms with Crippen molar-refractivity contribution in [3.8, 4) is 0 Å². The molecule has 0 aliphatic rings. The molecule has 0 bridgehead atoms. The largest absolute Gasteiger partial charge is 0.433 e. The number of rotatable bonds is 11. The Balaban J connectivity index is 3.48. The second kappa shape index (κ2) is 11.2. The van der Waals surface area contributed by atoms with Crippen LogP contribution in [0.5, 0.6) is 0 Å². The fourth-order valence-electron chi connectivity index (χ4n) is 1.19. The average Bonchev–Trinajstić information content (AvgIpc) is 2.42. The van der Waals surface area contributed by atoms with Gasteiger partial charge in [0.1, 0.15) is 0 Å². The van der Waals surface area contributed by atoms with Gasteiger partial charge in [-0.1, -0.05) is 13.2 Å². The molecule has 0 saturated carbocycles. The predicted molar refractivity (Wildman–Crippen MR) is 72.6 cm³/mol. The summed E-state index contributed by atoms with van der Waals surface area (Å²) in [6.07, 6.45) is 2.43. The number of hydrogen-bond donors (Lipinski definition) is 0. The Labute approximate surface area is 119 Å². The first-order chi connectivity index (χ1) is 9.49. The van der Waals surface area contributed by atoms with Gasteiger partial charge in [-0.15, -0.1) is 0 Å². The molecule has 6 heteroatoms. The predicted octanol–water partition coefficient (Wildman–Crippen LogP) is 1.95. The molecule has 0 amide bonds. The van der Waals surface area contributed by atoms with Crippen LogP contribution in [0.3, 0.4) is 0 Å². The molecule has 2 atom stereocenters. The Morgan fingerprint density at radius 3 is 1.55 bits per heavy atom. The number of ether oxygens (including phenoxy) is 4. The van der Waals surface area contributed by atoms with E-state index < -0.39 is 24.5 Å². The Kier molecular flexibility index (Phi) is 10.3. The van der Waals surface area contributed by atoms with Crippen molar-refractivity contribution in [3.63, 3.8) is 0 Å². The van der Waals surface area contributed by atoms with Gasteiger partial charge < -0.3 is 18.9 Å². The van der Waals surface area contributed by atoms with Crippen molar-refractivity contribution >= 4 is 11.9 Å². The van der Waals surface area contributed by atoms with Crippen LogP contribution < -0.4 is 0 Å². The van der Waals surface area contributed by atoms with Crippen molar-refractivity contribution in [3.05, 3.63) is 25.3 Å². The smallest absolute Gasteiger partial charge is 0.332 e. The fraction of sp³-hybridized carbons (Fsp3) is 0.571. The van der Waals surface area contributed by atoms with E-state index in [4.69, 9.17) is 18.9 Å². The van der Waals surface area contributed by atoms with Crippen LogP contribution in [-0.4, -0.2) is 37.7 Å². The van der Waals surface area contributed by atoms with E-state index in [1.54, 1.807) is 13.8 Å². The lowest BCUT2D eigenvalue weighted by atomic mass is 10.3. The maximum atomic E-state index is 10.9. The highest BCUT2D eigenvalue weighted by Crippen LogP contribution is 2.01. The lowest BCUT2D eigenvalue weighted by molar-refractivity contribution is -0.172. The summed E-state index contributed by atoms with van der Waals surface area (Å²) >= 11 is 0. The summed E-state index contributed by atoms with van der Waals surface area (Å²) in [4.78, 5) is 21.7. The van der Waals surface area contributed by atoms with Crippen LogP contribution in [0.4, 0.5) is 0 Å². The molecule has 0 saturated heterocycles. The van der Waals surface area contributed by atoms with Crippen molar-refractivity contribution in [1.29, 1.82) is 0 Å². The summed E-state index contributed by atoms with van der Waals surface area (Å²) < 4.78 is 20.2. The highest BCUT2D eigenvalue weighted by Gasteiger charge is 2.07. The van der Waals surface area contributed by atoms with Crippen molar-refractivity contribution in [2.45, 2.75) is 39.3 Å². The van der Waals surface area contributed by atoms with Crippen molar-refractivity contribution in [2.75, 3.05) is 13.2 Å². The third kappa shape index (κ3) is 10.3. The lowest BCUT2D eigenvalue weighted by Crippen LogP contribution is -2.18. The second-order valence-electron chi connectivity index (χ2n) is 3.87. The molecule has 0 fully saturated rings. The molecule has 0 N–H and O–H groups in total. The Morgan fingerprint density at radius 1 is 0.900 bits per heavy atom. The van der Waals surface area contributed by atoms with Gasteiger partial charge in [0.2, 0.25) is 0 Å². The van der Waals surface area contributed by atoms with Crippen LogP contribution in [0, 0.1) is 0 Å². The molecule has 0 aromatic carbocycles. The summed E-state index contributed by atoms with van der Waals surface area (Å²) in [7, 11) is 0. The Morgan fingerprint density at radius 2 is 1.25 bits per heavy atom. The molecular formula is C14H22O6. The minimum absolute atomic E-state index is 0.440. The normalized spacial score (nSPS) is 13.1. The number of hydrogen-bond acceptors (Lipinski definition) is 6. The molecule has 0 spiro atoms. The number of unbranched alkanes of at least 4 members (excludes halogenated alkanes) is 1. The van der Waals surface area contributed by atoms with Gasteiger partial charge in [0.25, 0.3) is 0 Å². The van der Waals surface area contributed by atoms with Gasteiger partial charge >= 0.3 is 11.9 Å². The monoisotopic (exact) mass is 286 g/mol. The summed E-state index contributed by atoms with van der Waals surface area (Å²) in [5, 5.41) is 0.